The minimum Gasteiger partial charge on any atom is -0.489 e. The summed E-state index contributed by atoms with van der Waals surface area (Å²) in [6.45, 7) is 6.24. The Balaban J connectivity index is 0.000000404. The molecule has 2 heterocycles. The van der Waals surface area contributed by atoms with E-state index in [1.54, 1.807) is 25.1 Å². The lowest BCUT2D eigenvalue weighted by Gasteiger charge is -2.30. The molecule has 16 heteroatoms. The highest BCUT2D eigenvalue weighted by Gasteiger charge is 2.47. The van der Waals surface area contributed by atoms with Gasteiger partial charge in [0.1, 0.15) is 17.3 Å². The molecule has 1 aromatic carbocycles. The second-order valence-electron chi connectivity index (χ2n) is 9.03. The number of amides is 1. The molecule has 0 atom stereocenters. The molecule has 1 aliphatic carbocycles. The number of aliphatic carboxylic acids is 1. The molecule has 1 fully saturated rings. The SMILES string of the molecule is C1CC1.CCC(=O)O.CCn1cc(S(=O)(=O)N2CCOc3ccc(NC=O)cc32)c(Cl)n1.COC(C)(C)C(F)(F)F. The first-order valence-electron chi connectivity index (χ1n) is 12.6. The Morgan fingerprint density at radius 3 is 2.22 bits per heavy atom. The van der Waals surface area contributed by atoms with Gasteiger partial charge < -0.3 is 19.9 Å². The van der Waals surface area contributed by atoms with Crippen molar-refractivity contribution in [1.29, 1.82) is 0 Å². The standard InChI is InChI=1S/C14H15ClN4O4S.C5H9F3O.C3H6O2.C3H6/c1-2-18-8-13(14(15)17-18)24(21,22)19-5-6-23-12-4-3-10(16-9-20)7-11(12)19;1-4(2,9-3)5(6,7)8;1-2-3(4)5;1-2-3-1/h3-4,7-9H,2,5-6H2,1H3,(H,16,20);1-3H3;2H2,1H3,(H,4,5);1-3H2. The summed E-state index contributed by atoms with van der Waals surface area (Å²) < 4.78 is 73.5. The van der Waals surface area contributed by atoms with Gasteiger partial charge in [0.25, 0.3) is 10.0 Å². The summed E-state index contributed by atoms with van der Waals surface area (Å²) in [7, 11) is -2.87. The number of hydrogen-bond acceptors (Lipinski definition) is 7. The fraction of sp³-hybridized carbons (Fsp3) is 0.560. The van der Waals surface area contributed by atoms with Crippen molar-refractivity contribution >= 4 is 45.4 Å². The average Bonchev–Trinajstić information content (AvgIpc) is 3.75. The van der Waals surface area contributed by atoms with E-state index in [2.05, 4.69) is 15.2 Å². The van der Waals surface area contributed by atoms with Gasteiger partial charge in [0, 0.05) is 32.0 Å². The first-order chi connectivity index (χ1) is 19.0. The van der Waals surface area contributed by atoms with Crippen LogP contribution in [0.5, 0.6) is 5.75 Å². The maximum absolute atomic E-state index is 13.0. The zero-order chi connectivity index (χ0) is 31.4. The lowest BCUT2D eigenvalue weighted by molar-refractivity contribution is -0.255. The molecule has 232 valence electrons. The van der Waals surface area contributed by atoms with Gasteiger partial charge in [0.15, 0.2) is 10.8 Å². The maximum Gasteiger partial charge on any atom is 0.416 e. The van der Waals surface area contributed by atoms with Gasteiger partial charge in [-0.25, -0.2) is 8.42 Å². The minimum absolute atomic E-state index is 0.0624. The Hall–Kier alpha value is -3.04. The summed E-state index contributed by atoms with van der Waals surface area (Å²) in [6.07, 6.45) is 2.37. The molecule has 1 amide bonds. The molecule has 1 saturated carbocycles. The molecule has 11 nitrogen and oxygen atoms in total. The molecule has 0 unspecified atom stereocenters. The number of ether oxygens (including phenoxy) is 2. The van der Waals surface area contributed by atoms with E-state index in [1.807, 2.05) is 6.92 Å². The van der Waals surface area contributed by atoms with Crippen LogP contribution < -0.4 is 14.4 Å². The predicted octanol–water partition coefficient (Wildman–Crippen LogP) is 5.34. The van der Waals surface area contributed by atoms with Gasteiger partial charge in [0.05, 0.1) is 12.2 Å². The van der Waals surface area contributed by atoms with Gasteiger partial charge in [-0.05, 0) is 39.0 Å². The van der Waals surface area contributed by atoms with Gasteiger partial charge in [-0.15, -0.1) is 0 Å². The highest BCUT2D eigenvalue weighted by molar-refractivity contribution is 7.93. The number of alkyl halides is 3. The number of methoxy groups -OCH3 is 1. The van der Waals surface area contributed by atoms with Gasteiger partial charge >= 0.3 is 12.1 Å². The van der Waals surface area contributed by atoms with Crippen molar-refractivity contribution in [3.8, 4) is 5.75 Å². The molecule has 41 heavy (non-hydrogen) atoms. The van der Waals surface area contributed by atoms with Crippen molar-refractivity contribution in [3.63, 3.8) is 0 Å². The number of aryl methyl sites for hydroxylation is 1. The van der Waals surface area contributed by atoms with E-state index in [-0.39, 0.29) is 29.6 Å². The molecular weight excluding hydrogens is 593 g/mol. The first-order valence-corrected chi connectivity index (χ1v) is 14.4. The summed E-state index contributed by atoms with van der Waals surface area (Å²) >= 11 is 6.01. The third kappa shape index (κ3) is 11.0. The van der Waals surface area contributed by atoms with Crippen molar-refractivity contribution < 1.29 is 45.8 Å². The lowest BCUT2D eigenvalue weighted by Crippen LogP contribution is -2.40. The second-order valence-corrected chi connectivity index (χ2v) is 11.2. The Morgan fingerprint density at radius 1 is 1.24 bits per heavy atom. The number of carboxylic acids is 1. The number of rotatable bonds is 7. The third-order valence-electron chi connectivity index (χ3n) is 5.43. The number of carboxylic acid groups (broad SMARTS) is 1. The van der Waals surface area contributed by atoms with Crippen LogP contribution in [0.1, 0.15) is 53.4 Å². The number of nitrogens with zero attached hydrogens (tertiary/aromatic N) is 3. The van der Waals surface area contributed by atoms with Crippen LogP contribution in [0.15, 0.2) is 29.3 Å². The normalized spacial score (nSPS) is 13.9. The topological polar surface area (TPSA) is 140 Å². The number of nitrogens with one attached hydrogen (secondary N) is 1. The number of sulfonamides is 1. The molecular formula is C25H36ClF3N4O7S. The molecule has 2 aromatic rings. The van der Waals surface area contributed by atoms with Crippen molar-refractivity contribution in [2.75, 3.05) is 29.9 Å². The number of carbonyl (C=O) groups excluding carboxylic acids is 1. The number of benzene rings is 1. The van der Waals surface area contributed by atoms with Crippen LogP contribution in [0, 0.1) is 0 Å². The third-order valence-corrected chi connectivity index (χ3v) is 7.64. The van der Waals surface area contributed by atoms with E-state index in [0.717, 1.165) is 21.0 Å². The molecule has 0 bridgehead atoms. The predicted molar refractivity (Wildman–Crippen MR) is 148 cm³/mol. The Kier molecular flexibility index (Phi) is 13.9. The number of hydrogen-bond donors (Lipinski definition) is 2. The van der Waals surface area contributed by atoms with Crippen LogP contribution in [-0.2, 0) is 30.9 Å². The van der Waals surface area contributed by atoms with Gasteiger partial charge in [0.2, 0.25) is 6.41 Å². The van der Waals surface area contributed by atoms with E-state index < -0.39 is 27.8 Å². The first kappa shape index (κ1) is 36.0. The summed E-state index contributed by atoms with van der Waals surface area (Å²) in [5.74, 6) is -0.328. The zero-order valence-electron chi connectivity index (χ0n) is 23.5. The fourth-order valence-corrected chi connectivity index (χ4v) is 4.45. The zero-order valence-corrected chi connectivity index (χ0v) is 25.1. The molecule has 4 rings (SSSR count). The highest BCUT2D eigenvalue weighted by Crippen LogP contribution is 2.38. The van der Waals surface area contributed by atoms with E-state index >= 15 is 0 Å². The van der Waals surface area contributed by atoms with Crippen molar-refractivity contribution in [2.45, 2.75) is 76.6 Å². The number of fused-ring (bicyclic) bond motifs is 1. The van der Waals surface area contributed by atoms with Crippen LogP contribution in [0.3, 0.4) is 0 Å². The minimum atomic E-state index is -4.28. The van der Waals surface area contributed by atoms with Crippen LogP contribution in [0.25, 0.3) is 0 Å². The summed E-state index contributed by atoms with van der Waals surface area (Å²) in [6, 6.07) is 4.78. The number of anilines is 2. The molecule has 0 radical (unpaired) electrons. The molecule has 2 N–H and O–H groups in total. The maximum atomic E-state index is 13.0. The quantitative estimate of drug-likeness (QED) is 0.392. The number of halogens is 4. The largest absolute Gasteiger partial charge is 0.489 e. The Labute approximate surface area is 242 Å². The van der Waals surface area contributed by atoms with E-state index in [9.17, 15) is 31.2 Å². The van der Waals surface area contributed by atoms with Gasteiger partial charge in [-0.2, -0.15) is 18.3 Å². The Bertz CT molecular complexity index is 1250. The molecule has 1 aromatic heterocycles. The smallest absolute Gasteiger partial charge is 0.416 e. The average molecular weight is 629 g/mol. The van der Waals surface area contributed by atoms with Crippen LogP contribution in [0.4, 0.5) is 24.5 Å². The van der Waals surface area contributed by atoms with E-state index in [1.165, 1.54) is 34.4 Å². The molecule has 0 spiro atoms. The fourth-order valence-electron chi connectivity index (χ4n) is 2.55. The van der Waals surface area contributed by atoms with E-state index in [0.29, 0.717) is 30.1 Å². The highest BCUT2D eigenvalue weighted by atomic mass is 35.5. The van der Waals surface area contributed by atoms with Crippen LogP contribution in [0.2, 0.25) is 5.15 Å². The lowest BCUT2D eigenvalue weighted by atomic mass is 10.1. The van der Waals surface area contributed by atoms with Crippen molar-refractivity contribution in [1.82, 2.24) is 9.78 Å². The molecule has 1 aliphatic heterocycles. The monoisotopic (exact) mass is 628 g/mol. The molecule has 2 aliphatic rings. The summed E-state index contributed by atoms with van der Waals surface area (Å²) in [5.41, 5.74) is -1.22. The number of carbonyl (C=O) groups is 2. The molecule has 0 saturated heterocycles. The van der Waals surface area contributed by atoms with Crippen LogP contribution in [-0.4, -0.2) is 67.7 Å². The van der Waals surface area contributed by atoms with Gasteiger partial charge in [-0.1, -0.05) is 37.8 Å². The van der Waals surface area contributed by atoms with E-state index in [4.69, 9.17) is 21.4 Å². The van der Waals surface area contributed by atoms with Crippen LogP contribution >= 0.6 is 11.6 Å². The second kappa shape index (κ2) is 15.8. The summed E-state index contributed by atoms with van der Waals surface area (Å²) in [5, 5.41) is 14.1. The summed E-state index contributed by atoms with van der Waals surface area (Å²) in [4.78, 5) is 19.9. The van der Waals surface area contributed by atoms with Gasteiger partial charge in [-0.3, -0.25) is 18.6 Å². The Morgan fingerprint density at radius 2 is 1.83 bits per heavy atom. The van der Waals surface area contributed by atoms with Crippen molar-refractivity contribution in [2.24, 2.45) is 0 Å². The van der Waals surface area contributed by atoms with Crippen molar-refractivity contribution in [3.05, 3.63) is 29.5 Å². The number of aromatic nitrogens is 2.